The summed E-state index contributed by atoms with van der Waals surface area (Å²) in [6, 6.07) is 9.83. The van der Waals surface area contributed by atoms with E-state index in [1.165, 1.54) is 6.07 Å². The number of morpholine rings is 1. The number of ether oxygens (including phenoxy) is 1. The number of anilines is 2. The number of nitrogens with zero attached hydrogens (tertiary/aromatic N) is 1. The average molecular weight is 347 g/mol. The number of hydrogen-bond donors (Lipinski definition) is 2. The lowest BCUT2D eigenvalue weighted by Gasteiger charge is -2.26. The maximum atomic E-state index is 13.5. The van der Waals surface area contributed by atoms with Gasteiger partial charge in [-0.2, -0.15) is 0 Å². The first-order chi connectivity index (χ1) is 12.1. The van der Waals surface area contributed by atoms with E-state index in [0.29, 0.717) is 5.69 Å². The number of hydrogen-bond acceptors (Lipinski definition) is 3. The molecule has 3 rings (SSSR count). The third kappa shape index (κ3) is 4.98. The zero-order chi connectivity index (χ0) is 17.6. The lowest BCUT2D eigenvalue weighted by molar-refractivity contribution is 0.0342. The second kappa shape index (κ2) is 8.04. The Balaban J connectivity index is 1.54. The molecule has 2 aromatic carbocycles. The van der Waals surface area contributed by atoms with Gasteiger partial charge in [0.25, 0.3) is 0 Å². The zero-order valence-electron chi connectivity index (χ0n) is 13.6. The molecule has 0 unspecified atom stereocenters. The minimum atomic E-state index is -0.823. The van der Waals surface area contributed by atoms with Crippen molar-refractivity contribution in [3.05, 3.63) is 59.7 Å². The van der Waals surface area contributed by atoms with Crippen LogP contribution >= 0.6 is 0 Å². The molecule has 1 saturated heterocycles. The molecule has 0 bridgehead atoms. The van der Waals surface area contributed by atoms with Gasteiger partial charge in [-0.1, -0.05) is 12.1 Å². The van der Waals surface area contributed by atoms with Crippen LogP contribution in [0.25, 0.3) is 0 Å². The molecule has 1 fully saturated rings. The number of rotatable bonds is 4. The SMILES string of the molecule is O=C(Nc1ccc(CN2CCOCC2)cc1)Nc1ccc(F)cc1F. The van der Waals surface area contributed by atoms with Crippen LogP contribution in [0.4, 0.5) is 25.0 Å². The Morgan fingerprint density at radius 3 is 2.44 bits per heavy atom. The summed E-state index contributed by atoms with van der Waals surface area (Å²) in [7, 11) is 0. The zero-order valence-corrected chi connectivity index (χ0v) is 13.6. The normalized spacial score (nSPS) is 15.0. The quantitative estimate of drug-likeness (QED) is 0.891. The summed E-state index contributed by atoms with van der Waals surface area (Å²) in [6.07, 6.45) is 0. The minimum absolute atomic E-state index is 0.0807. The van der Waals surface area contributed by atoms with Gasteiger partial charge >= 0.3 is 6.03 Å². The van der Waals surface area contributed by atoms with E-state index < -0.39 is 17.7 Å². The van der Waals surface area contributed by atoms with Crippen molar-refractivity contribution >= 4 is 17.4 Å². The van der Waals surface area contributed by atoms with E-state index in [0.717, 1.165) is 50.5 Å². The molecule has 1 aliphatic heterocycles. The Bertz CT molecular complexity index is 732. The first kappa shape index (κ1) is 17.3. The van der Waals surface area contributed by atoms with Gasteiger partial charge in [0.1, 0.15) is 11.6 Å². The third-order valence-electron chi connectivity index (χ3n) is 3.90. The lowest BCUT2D eigenvalue weighted by Crippen LogP contribution is -2.35. The first-order valence-corrected chi connectivity index (χ1v) is 8.02. The molecule has 7 heteroatoms. The van der Waals surface area contributed by atoms with Gasteiger partial charge in [-0.25, -0.2) is 13.6 Å². The van der Waals surface area contributed by atoms with E-state index in [1.54, 1.807) is 12.1 Å². The van der Waals surface area contributed by atoms with Gasteiger partial charge in [0.15, 0.2) is 0 Å². The van der Waals surface area contributed by atoms with Crippen molar-refractivity contribution in [3.63, 3.8) is 0 Å². The molecule has 0 aromatic heterocycles. The van der Waals surface area contributed by atoms with E-state index in [-0.39, 0.29) is 5.69 Å². The van der Waals surface area contributed by atoms with Crippen molar-refractivity contribution in [2.24, 2.45) is 0 Å². The summed E-state index contributed by atoms with van der Waals surface area (Å²) in [5.74, 6) is -1.52. The molecule has 25 heavy (non-hydrogen) atoms. The number of carbonyl (C=O) groups is 1. The summed E-state index contributed by atoms with van der Waals surface area (Å²) < 4.78 is 31.7. The number of halogens is 2. The summed E-state index contributed by atoms with van der Waals surface area (Å²) >= 11 is 0. The lowest BCUT2D eigenvalue weighted by atomic mass is 10.2. The Labute approximate surface area is 144 Å². The van der Waals surface area contributed by atoms with E-state index in [9.17, 15) is 13.6 Å². The molecule has 132 valence electrons. The molecule has 2 aromatic rings. The standard InChI is InChI=1S/C18H19F2N3O2/c19-14-3-6-17(16(20)11-14)22-18(24)21-15-4-1-13(2-5-15)12-23-7-9-25-10-8-23/h1-6,11H,7-10,12H2,(H2,21,22,24). The average Bonchev–Trinajstić information content (AvgIpc) is 2.60. The van der Waals surface area contributed by atoms with Crippen LogP contribution in [-0.2, 0) is 11.3 Å². The van der Waals surface area contributed by atoms with Crippen LogP contribution < -0.4 is 10.6 Å². The van der Waals surface area contributed by atoms with E-state index in [4.69, 9.17) is 4.74 Å². The topological polar surface area (TPSA) is 53.6 Å². The van der Waals surface area contributed by atoms with Crippen LogP contribution in [0.1, 0.15) is 5.56 Å². The maximum absolute atomic E-state index is 13.5. The number of urea groups is 1. The van der Waals surface area contributed by atoms with Crippen LogP contribution in [0, 0.1) is 11.6 Å². The number of carbonyl (C=O) groups excluding carboxylic acids is 1. The molecular formula is C18H19F2N3O2. The Hall–Kier alpha value is -2.51. The van der Waals surface area contributed by atoms with Crippen LogP contribution in [0.15, 0.2) is 42.5 Å². The van der Waals surface area contributed by atoms with Gasteiger partial charge in [0.2, 0.25) is 0 Å². The fourth-order valence-electron chi connectivity index (χ4n) is 2.59. The van der Waals surface area contributed by atoms with Gasteiger partial charge < -0.3 is 15.4 Å². The van der Waals surface area contributed by atoms with Crippen molar-refractivity contribution in [1.29, 1.82) is 0 Å². The number of nitrogens with one attached hydrogen (secondary N) is 2. The molecule has 0 aliphatic carbocycles. The third-order valence-corrected chi connectivity index (χ3v) is 3.90. The highest BCUT2D eigenvalue weighted by molar-refractivity contribution is 5.99. The molecule has 2 amide bonds. The van der Waals surface area contributed by atoms with Crippen molar-refractivity contribution < 1.29 is 18.3 Å². The monoisotopic (exact) mass is 347 g/mol. The maximum Gasteiger partial charge on any atom is 0.323 e. The van der Waals surface area contributed by atoms with Crippen molar-refractivity contribution in [1.82, 2.24) is 4.90 Å². The molecule has 0 spiro atoms. The first-order valence-electron chi connectivity index (χ1n) is 8.02. The largest absolute Gasteiger partial charge is 0.379 e. The highest BCUT2D eigenvalue weighted by Gasteiger charge is 2.11. The van der Waals surface area contributed by atoms with Crippen LogP contribution in [0.2, 0.25) is 0 Å². The van der Waals surface area contributed by atoms with Crippen molar-refractivity contribution in [3.8, 4) is 0 Å². The molecule has 0 radical (unpaired) electrons. The molecular weight excluding hydrogens is 328 g/mol. The fourth-order valence-corrected chi connectivity index (χ4v) is 2.59. The predicted octanol–water partition coefficient (Wildman–Crippen LogP) is 3.44. The van der Waals surface area contributed by atoms with E-state index >= 15 is 0 Å². The van der Waals surface area contributed by atoms with Crippen molar-refractivity contribution in [2.45, 2.75) is 6.54 Å². The fraction of sp³-hybridized carbons (Fsp3) is 0.278. The van der Waals surface area contributed by atoms with Crippen LogP contribution in [0.3, 0.4) is 0 Å². The predicted molar refractivity (Wildman–Crippen MR) is 91.5 cm³/mol. The summed E-state index contributed by atoms with van der Waals surface area (Å²) in [5.41, 5.74) is 1.64. The molecule has 2 N–H and O–H groups in total. The van der Waals surface area contributed by atoms with Gasteiger partial charge in [-0.15, -0.1) is 0 Å². The van der Waals surface area contributed by atoms with Crippen molar-refractivity contribution in [2.75, 3.05) is 36.9 Å². The number of benzene rings is 2. The number of amides is 2. The molecule has 5 nitrogen and oxygen atoms in total. The summed E-state index contributed by atoms with van der Waals surface area (Å²) in [6.45, 7) is 4.15. The van der Waals surface area contributed by atoms with Gasteiger partial charge in [0.05, 0.1) is 18.9 Å². The van der Waals surface area contributed by atoms with Crippen LogP contribution in [0.5, 0.6) is 0 Å². The second-order valence-corrected chi connectivity index (χ2v) is 5.79. The molecule has 1 aliphatic rings. The molecule has 0 atom stereocenters. The van der Waals surface area contributed by atoms with E-state index in [1.807, 2.05) is 12.1 Å². The summed E-state index contributed by atoms with van der Waals surface area (Å²) in [5, 5.41) is 4.97. The van der Waals surface area contributed by atoms with Gasteiger partial charge in [-0.05, 0) is 29.8 Å². The van der Waals surface area contributed by atoms with Gasteiger partial charge in [0, 0.05) is 31.4 Å². The van der Waals surface area contributed by atoms with E-state index in [2.05, 4.69) is 15.5 Å². The Morgan fingerprint density at radius 1 is 1.04 bits per heavy atom. The Kier molecular flexibility index (Phi) is 5.57. The summed E-state index contributed by atoms with van der Waals surface area (Å²) in [4.78, 5) is 14.2. The Morgan fingerprint density at radius 2 is 1.76 bits per heavy atom. The molecule has 0 saturated carbocycles. The second-order valence-electron chi connectivity index (χ2n) is 5.79. The molecule has 1 heterocycles. The van der Waals surface area contributed by atoms with Crippen LogP contribution in [-0.4, -0.2) is 37.2 Å². The minimum Gasteiger partial charge on any atom is -0.379 e. The van der Waals surface area contributed by atoms with Gasteiger partial charge in [-0.3, -0.25) is 4.90 Å². The smallest absolute Gasteiger partial charge is 0.323 e. The highest BCUT2D eigenvalue weighted by Crippen LogP contribution is 2.16. The highest BCUT2D eigenvalue weighted by atomic mass is 19.1.